The van der Waals surface area contributed by atoms with Crippen LogP contribution in [-0.2, 0) is 4.79 Å². The van der Waals surface area contributed by atoms with Crippen LogP contribution in [0.25, 0.3) is 0 Å². The van der Waals surface area contributed by atoms with Gasteiger partial charge in [0.15, 0.2) is 17.4 Å². The lowest BCUT2D eigenvalue weighted by Gasteiger charge is -2.36. The minimum Gasteiger partial charge on any atom is -0.491 e. The first kappa shape index (κ1) is 22.7. The lowest BCUT2D eigenvalue weighted by molar-refractivity contribution is -0.127. The minimum absolute atomic E-state index is 0.0514. The third-order valence-corrected chi connectivity index (χ3v) is 6.20. The van der Waals surface area contributed by atoms with E-state index >= 15 is 0 Å². The Bertz CT molecular complexity index is 805. The van der Waals surface area contributed by atoms with Crippen LogP contribution < -0.4 is 10.1 Å². The zero-order chi connectivity index (χ0) is 21.8. The van der Waals surface area contributed by atoms with Crippen molar-refractivity contribution in [3.8, 4) is 5.75 Å². The van der Waals surface area contributed by atoms with Crippen molar-refractivity contribution in [1.29, 1.82) is 0 Å². The van der Waals surface area contributed by atoms with Crippen LogP contribution in [0, 0.1) is 5.92 Å². The summed E-state index contributed by atoms with van der Waals surface area (Å²) in [6, 6.07) is 5.74. The number of aliphatic imine (C=N–C) groups is 1. The van der Waals surface area contributed by atoms with Gasteiger partial charge < -0.3 is 19.6 Å². The van der Waals surface area contributed by atoms with Gasteiger partial charge in [0.25, 0.3) is 5.91 Å². The number of likely N-dealkylation sites (N-methyl/N-ethyl adjacent to an activating group) is 1. The van der Waals surface area contributed by atoms with Crippen LogP contribution in [0.1, 0.15) is 20.3 Å². The molecule has 3 atom stereocenters. The van der Waals surface area contributed by atoms with E-state index in [-0.39, 0.29) is 13.2 Å². The molecule has 10 heteroatoms. The van der Waals surface area contributed by atoms with Gasteiger partial charge in [0.05, 0.1) is 6.54 Å². The highest BCUT2D eigenvalue weighted by Gasteiger charge is 2.48. The quantitative estimate of drug-likeness (QED) is 0.626. The van der Waals surface area contributed by atoms with Gasteiger partial charge in [-0.2, -0.15) is 0 Å². The zero-order valence-corrected chi connectivity index (χ0v) is 18.8. The van der Waals surface area contributed by atoms with Crippen LogP contribution in [-0.4, -0.2) is 76.3 Å². The number of β-amino-alcohol motifs (C(OH)–C–C–N with tert-alkyl or cyclic N) is 1. The molecule has 0 radical (unpaired) electrons. The smallest absolute Gasteiger partial charge is 0.325 e. The third-order valence-electron chi connectivity index (χ3n) is 4.91. The summed E-state index contributed by atoms with van der Waals surface area (Å²) in [7, 11) is 1.61. The van der Waals surface area contributed by atoms with Crippen molar-refractivity contribution in [2.45, 2.75) is 38.6 Å². The van der Waals surface area contributed by atoms with E-state index in [1.807, 2.05) is 0 Å². The highest BCUT2D eigenvalue weighted by molar-refractivity contribution is 8.13. The zero-order valence-electron chi connectivity index (χ0n) is 17.2. The SMILES string of the molecule is CC(C)CCSC1=NC2C(C(=O)NC(=O)N2C)N1CC(O)COc1ccc(Cl)cc1. The van der Waals surface area contributed by atoms with E-state index in [9.17, 15) is 14.7 Å². The largest absolute Gasteiger partial charge is 0.491 e. The summed E-state index contributed by atoms with van der Waals surface area (Å²) in [6.07, 6.45) is -0.459. The van der Waals surface area contributed by atoms with Crippen molar-refractivity contribution in [2.24, 2.45) is 10.9 Å². The number of amidine groups is 1. The molecule has 2 heterocycles. The number of halogens is 1. The van der Waals surface area contributed by atoms with Gasteiger partial charge >= 0.3 is 6.03 Å². The Morgan fingerprint density at radius 1 is 1.30 bits per heavy atom. The molecule has 1 saturated heterocycles. The summed E-state index contributed by atoms with van der Waals surface area (Å²) in [4.78, 5) is 32.4. The molecule has 2 aliphatic rings. The molecule has 1 fully saturated rings. The van der Waals surface area contributed by atoms with E-state index in [1.54, 1.807) is 48.0 Å². The fourth-order valence-electron chi connectivity index (χ4n) is 3.20. The number of nitrogens with zero attached hydrogens (tertiary/aromatic N) is 3. The summed E-state index contributed by atoms with van der Waals surface area (Å²) in [5.41, 5.74) is 0. The van der Waals surface area contributed by atoms with Crippen molar-refractivity contribution in [2.75, 3.05) is 26.0 Å². The van der Waals surface area contributed by atoms with Crippen LogP contribution in [0.15, 0.2) is 29.3 Å². The number of urea groups is 1. The number of thioether (sulfide) groups is 1. The van der Waals surface area contributed by atoms with Crippen LogP contribution in [0.2, 0.25) is 5.02 Å². The van der Waals surface area contributed by atoms with Crippen LogP contribution >= 0.6 is 23.4 Å². The van der Waals surface area contributed by atoms with E-state index in [0.717, 1.165) is 12.2 Å². The Morgan fingerprint density at radius 2 is 2.00 bits per heavy atom. The van der Waals surface area contributed by atoms with Gasteiger partial charge in [-0.25, -0.2) is 9.79 Å². The second-order valence-electron chi connectivity index (χ2n) is 7.78. The molecule has 0 saturated carbocycles. The van der Waals surface area contributed by atoms with E-state index in [2.05, 4.69) is 24.2 Å². The Labute approximate surface area is 185 Å². The number of rotatable bonds is 8. The normalized spacial score (nSPS) is 22.1. The van der Waals surface area contributed by atoms with Crippen molar-refractivity contribution in [3.63, 3.8) is 0 Å². The summed E-state index contributed by atoms with van der Waals surface area (Å²) >= 11 is 7.41. The predicted molar refractivity (Wildman–Crippen MR) is 118 cm³/mol. The summed E-state index contributed by atoms with van der Waals surface area (Å²) in [5.74, 6) is 1.57. The van der Waals surface area contributed by atoms with Crippen molar-refractivity contribution in [1.82, 2.24) is 15.1 Å². The Kier molecular flexibility index (Phi) is 7.49. The molecule has 3 amide bonds. The Hall–Kier alpha value is -1.97. The maximum atomic E-state index is 12.6. The van der Waals surface area contributed by atoms with E-state index in [0.29, 0.717) is 21.9 Å². The average molecular weight is 455 g/mol. The number of amides is 3. The standard InChI is InChI=1S/C20H27ClN4O4S/c1-12(2)8-9-30-20-22-17-16(18(27)23-19(28)24(17)3)25(20)10-14(26)11-29-15-6-4-13(21)5-7-15/h4-7,12,14,16-17,26H,8-11H2,1-3H3,(H,23,27,28). The topological polar surface area (TPSA) is 94.5 Å². The van der Waals surface area contributed by atoms with Gasteiger partial charge in [-0.3, -0.25) is 10.1 Å². The number of fused-ring (bicyclic) bond motifs is 1. The molecular weight excluding hydrogens is 428 g/mol. The van der Waals surface area contributed by atoms with Gasteiger partial charge in [-0.1, -0.05) is 37.2 Å². The second-order valence-corrected chi connectivity index (χ2v) is 9.28. The summed E-state index contributed by atoms with van der Waals surface area (Å²) in [6.45, 7) is 4.51. The van der Waals surface area contributed by atoms with E-state index in [1.165, 1.54) is 4.90 Å². The first-order chi connectivity index (χ1) is 14.3. The number of imide groups is 1. The molecule has 8 nitrogen and oxygen atoms in total. The molecule has 164 valence electrons. The molecule has 1 aromatic carbocycles. The van der Waals surface area contributed by atoms with Crippen LogP contribution in [0.4, 0.5) is 4.79 Å². The van der Waals surface area contributed by atoms with Gasteiger partial charge in [0.1, 0.15) is 18.5 Å². The first-order valence-electron chi connectivity index (χ1n) is 9.87. The molecule has 3 unspecified atom stereocenters. The van der Waals surface area contributed by atoms with E-state index < -0.39 is 30.2 Å². The second kappa shape index (κ2) is 9.89. The fourth-order valence-corrected chi connectivity index (χ4v) is 4.64. The maximum Gasteiger partial charge on any atom is 0.325 e. The molecule has 0 spiro atoms. The molecule has 2 N–H and O–H groups in total. The number of hydrogen-bond acceptors (Lipinski definition) is 7. The van der Waals surface area contributed by atoms with Gasteiger partial charge in [0.2, 0.25) is 0 Å². The van der Waals surface area contributed by atoms with Crippen LogP contribution in [0.5, 0.6) is 5.75 Å². The van der Waals surface area contributed by atoms with Crippen molar-refractivity contribution >= 4 is 40.5 Å². The number of nitrogens with one attached hydrogen (secondary N) is 1. The number of aliphatic hydroxyl groups excluding tert-OH is 1. The molecular formula is C20H27ClN4O4S. The molecule has 30 heavy (non-hydrogen) atoms. The molecule has 1 aromatic rings. The van der Waals surface area contributed by atoms with Gasteiger partial charge in [-0.05, 0) is 36.6 Å². The maximum absolute atomic E-state index is 12.6. The number of carbonyl (C=O) groups is 2. The fraction of sp³-hybridized carbons (Fsp3) is 0.550. The monoisotopic (exact) mass is 454 g/mol. The number of carbonyl (C=O) groups excluding carboxylic acids is 2. The molecule has 0 aromatic heterocycles. The van der Waals surface area contributed by atoms with Crippen molar-refractivity contribution < 1.29 is 19.4 Å². The lowest BCUT2D eigenvalue weighted by atomic mass is 10.1. The molecule has 3 rings (SSSR count). The molecule has 0 bridgehead atoms. The van der Waals surface area contributed by atoms with Gasteiger partial charge in [0, 0.05) is 17.8 Å². The Balaban J connectivity index is 1.68. The lowest BCUT2D eigenvalue weighted by Crippen LogP contribution is -2.64. The summed E-state index contributed by atoms with van der Waals surface area (Å²) in [5, 5.41) is 14.2. The average Bonchev–Trinajstić information content (AvgIpc) is 3.04. The Morgan fingerprint density at radius 3 is 2.67 bits per heavy atom. The molecule has 0 aliphatic carbocycles. The first-order valence-corrected chi connectivity index (χ1v) is 11.2. The highest BCUT2D eigenvalue weighted by atomic mass is 35.5. The predicted octanol–water partition coefficient (Wildman–Crippen LogP) is 2.41. The summed E-state index contributed by atoms with van der Waals surface area (Å²) < 4.78 is 5.63. The van der Waals surface area contributed by atoms with Crippen molar-refractivity contribution in [3.05, 3.63) is 29.3 Å². The number of aliphatic hydroxyl groups is 1. The van der Waals surface area contributed by atoms with E-state index in [4.69, 9.17) is 16.3 Å². The number of benzene rings is 1. The van der Waals surface area contributed by atoms with Gasteiger partial charge in [-0.15, -0.1) is 0 Å². The molecule has 2 aliphatic heterocycles. The minimum atomic E-state index is -0.855. The number of hydrogen-bond donors (Lipinski definition) is 2. The van der Waals surface area contributed by atoms with Crippen LogP contribution in [0.3, 0.4) is 0 Å². The number of ether oxygens (including phenoxy) is 1. The third kappa shape index (κ3) is 5.39. The highest BCUT2D eigenvalue weighted by Crippen LogP contribution is 2.29.